The number of aryl methyl sites for hydroxylation is 1. The normalized spacial score (nSPS) is 11.3. The van der Waals surface area contributed by atoms with Crippen molar-refractivity contribution in [3.05, 3.63) is 101 Å². The van der Waals surface area contributed by atoms with Crippen LogP contribution in [0.3, 0.4) is 0 Å². The molecular weight excluding hydrogens is 562 g/mol. The summed E-state index contributed by atoms with van der Waals surface area (Å²) in [6.07, 6.45) is 2.50. The summed E-state index contributed by atoms with van der Waals surface area (Å²) in [6, 6.07) is 22.3. The third-order valence-electron chi connectivity index (χ3n) is 6.55. The van der Waals surface area contributed by atoms with Gasteiger partial charge in [-0.05, 0) is 46.0 Å². The molecule has 0 atom stereocenters. The number of ether oxygens (including phenoxy) is 1. The monoisotopic (exact) mass is 589 g/mol. The number of benzene rings is 3. The van der Waals surface area contributed by atoms with E-state index in [1.807, 2.05) is 53.1 Å². The molecule has 0 spiro atoms. The molecule has 13 heteroatoms. The van der Waals surface area contributed by atoms with Gasteiger partial charge in [-0.15, -0.1) is 10.2 Å². The zero-order valence-electron chi connectivity index (χ0n) is 22.6. The van der Waals surface area contributed by atoms with E-state index in [1.54, 1.807) is 24.3 Å². The van der Waals surface area contributed by atoms with Gasteiger partial charge in [-0.25, -0.2) is 14.6 Å². The van der Waals surface area contributed by atoms with Crippen LogP contribution in [0.15, 0.2) is 72.8 Å². The van der Waals surface area contributed by atoms with Gasteiger partial charge in [0.2, 0.25) is 5.82 Å². The van der Waals surface area contributed by atoms with Crippen LogP contribution in [0, 0.1) is 0 Å². The van der Waals surface area contributed by atoms with Crippen molar-refractivity contribution in [3.63, 3.8) is 0 Å². The van der Waals surface area contributed by atoms with Crippen LogP contribution in [0.25, 0.3) is 22.5 Å². The Balaban J connectivity index is 1.38. The molecule has 0 aliphatic heterocycles. The number of rotatable bonds is 12. The van der Waals surface area contributed by atoms with Crippen molar-refractivity contribution < 1.29 is 24.8 Å². The molecule has 0 saturated heterocycles. The van der Waals surface area contributed by atoms with Gasteiger partial charge in [-0.1, -0.05) is 85.6 Å². The zero-order chi connectivity index (χ0) is 29.5. The lowest BCUT2D eigenvalue weighted by Gasteiger charge is -2.13. The second kappa shape index (κ2) is 13.5. The van der Waals surface area contributed by atoms with Crippen LogP contribution in [0.1, 0.15) is 47.2 Å². The van der Waals surface area contributed by atoms with Crippen molar-refractivity contribution in [2.75, 3.05) is 0 Å². The molecule has 3 N–H and O–H groups in total. The van der Waals surface area contributed by atoms with Crippen molar-refractivity contribution in [3.8, 4) is 28.3 Å². The predicted molar refractivity (Wildman–Crippen MR) is 152 cm³/mol. The number of nitrogens with one attached hydrogen (secondary N) is 1. The van der Waals surface area contributed by atoms with E-state index in [2.05, 4.69) is 37.4 Å². The van der Waals surface area contributed by atoms with Crippen molar-refractivity contribution in [1.29, 1.82) is 0 Å². The molecule has 2 aromatic heterocycles. The molecule has 0 aliphatic carbocycles. The van der Waals surface area contributed by atoms with E-state index in [-0.39, 0.29) is 28.6 Å². The number of aromatic amines is 1. The molecule has 0 bridgehead atoms. The molecule has 0 amide bonds. The highest BCUT2D eigenvalue weighted by Gasteiger charge is 2.24. The van der Waals surface area contributed by atoms with Gasteiger partial charge in [-0.3, -0.25) is 10.4 Å². The molecule has 0 radical (unpaired) electrons. The number of aromatic nitrogens is 6. The molecule has 0 fully saturated rings. The van der Waals surface area contributed by atoms with Crippen molar-refractivity contribution in [1.82, 2.24) is 35.6 Å². The Labute approximate surface area is 246 Å². The molecular formula is C29H28ClN7O5. The second-order valence-electron chi connectivity index (χ2n) is 9.39. The predicted octanol–water partition coefficient (Wildman–Crippen LogP) is 5.51. The third-order valence-corrected chi connectivity index (χ3v) is 6.81. The van der Waals surface area contributed by atoms with E-state index in [4.69, 9.17) is 26.8 Å². The summed E-state index contributed by atoms with van der Waals surface area (Å²) in [6.45, 7) is 2.37. The summed E-state index contributed by atoms with van der Waals surface area (Å²) in [4.78, 5) is 22.4. The van der Waals surface area contributed by atoms with Gasteiger partial charge in [0.25, 0.3) is 0 Å². The molecule has 2 heterocycles. The van der Waals surface area contributed by atoms with Crippen molar-refractivity contribution >= 4 is 17.6 Å². The Morgan fingerprint density at radius 1 is 1.00 bits per heavy atom. The summed E-state index contributed by atoms with van der Waals surface area (Å²) >= 11 is 6.50. The van der Waals surface area contributed by atoms with E-state index < -0.39 is 5.97 Å². The minimum Gasteiger partial charge on any atom is -0.422 e. The summed E-state index contributed by atoms with van der Waals surface area (Å²) in [5, 5.41) is 31.5. The lowest BCUT2D eigenvalue weighted by molar-refractivity contribution is -0.497. The average Bonchev–Trinajstić information content (AvgIpc) is 3.64. The molecule has 216 valence electrons. The Bertz CT molecular complexity index is 1620. The highest BCUT2D eigenvalue weighted by molar-refractivity contribution is 6.32. The standard InChI is InChI=1S/C29H28ClN7O5/c1-2-3-8-25-31-27(30)26(29(38)42-22-15-11-20(12-16-22)18-41-37(39)40)36(25)17-19-9-13-21(14-10-19)23-6-4-5-7-24(23)28-32-34-35-33-28/h4-7,9-16,39-40H,2-3,8,17-18H2,1H3,(H,32,33,34,35). The topological polar surface area (TPSA) is 152 Å². The molecule has 3 aromatic carbocycles. The van der Waals surface area contributed by atoms with Crippen LogP contribution in [0.4, 0.5) is 0 Å². The fourth-order valence-corrected chi connectivity index (χ4v) is 4.75. The number of imidazole rings is 1. The average molecular weight is 590 g/mol. The van der Waals surface area contributed by atoms with Crippen molar-refractivity contribution in [2.24, 2.45) is 0 Å². The highest BCUT2D eigenvalue weighted by atomic mass is 35.5. The van der Waals surface area contributed by atoms with Crippen molar-refractivity contribution in [2.45, 2.75) is 39.3 Å². The number of carbonyl (C=O) groups is 1. The van der Waals surface area contributed by atoms with Crippen LogP contribution in [0.2, 0.25) is 5.15 Å². The number of hydrogen-bond donors (Lipinski definition) is 3. The molecule has 12 nitrogen and oxygen atoms in total. The zero-order valence-corrected chi connectivity index (χ0v) is 23.4. The SMILES string of the molecule is CCCCc1nc(Cl)c(C(=O)Oc2ccc(CON(O)O)cc2)n1Cc1ccc(-c2ccccc2-c2nn[nH]n2)cc1. The molecule has 0 saturated carbocycles. The van der Waals surface area contributed by atoms with Crippen LogP contribution < -0.4 is 4.74 Å². The number of tetrazole rings is 1. The fourth-order valence-electron chi connectivity index (χ4n) is 4.48. The number of halogens is 1. The van der Waals surface area contributed by atoms with E-state index in [0.717, 1.165) is 35.1 Å². The Kier molecular flexibility index (Phi) is 9.31. The first kappa shape index (κ1) is 29.0. The summed E-state index contributed by atoms with van der Waals surface area (Å²) in [5.74, 6) is 0.862. The Morgan fingerprint density at radius 3 is 2.38 bits per heavy atom. The number of carbonyl (C=O) groups excluding carboxylic acids is 1. The first-order valence-electron chi connectivity index (χ1n) is 13.2. The smallest absolute Gasteiger partial charge is 0.363 e. The van der Waals surface area contributed by atoms with Crippen LogP contribution in [-0.2, 0) is 24.4 Å². The van der Waals surface area contributed by atoms with Crippen LogP contribution in [0.5, 0.6) is 5.75 Å². The number of H-pyrrole nitrogens is 1. The maximum atomic E-state index is 13.3. The van der Waals surface area contributed by atoms with Gasteiger partial charge in [-0.2, -0.15) is 5.21 Å². The minimum atomic E-state index is -0.637. The number of unbranched alkanes of at least 4 members (excludes halogenated alkanes) is 1. The maximum absolute atomic E-state index is 13.3. The van der Waals surface area contributed by atoms with Gasteiger partial charge in [0, 0.05) is 18.5 Å². The van der Waals surface area contributed by atoms with Gasteiger partial charge < -0.3 is 9.30 Å². The van der Waals surface area contributed by atoms with Crippen LogP contribution >= 0.6 is 11.6 Å². The fraction of sp³-hybridized carbons (Fsp3) is 0.207. The van der Waals surface area contributed by atoms with Gasteiger partial charge in [0.15, 0.2) is 10.8 Å². The van der Waals surface area contributed by atoms with E-state index in [0.29, 0.717) is 30.2 Å². The largest absolute Gasteiger partial charge is 0.422 e. The van der Waals surface area contributed by atoms with Crippen LogP contribution in [-0.4, -0.2) is 51.9 Å². The first-order chi connectivity index (χ1) is 20.4. The lowest BCUT2D eigenvalue weighted by atomic mass is 9.98. The Morgan fingerprint density at radius 2 is 1.71 bits per heavy atom. The molecule has 42 heavy (non-hydrogen) atoms. The summed E-state index contributed by atoms with van der Waals surface area (Å²) in [7, 11) is 0. The van der Waals surface area contributed by atoms with Gasteiger partial charge >= 0.3 is 5.97 Å². The first-order valence-corrected chi connectivity index (χ1v) is 13.6. The summed E-state index contributed by atoms with van der Waals surface area (Å²) < 4.78 is 7.44. The Hall–Kier alpha value is -4.46. The molecule has 5 rings (SSSR count). The lowest BCUT2D eigenvalue weighted by Crippen LogP contribution is -2.17. The van der Waals surface area contributed by atoms with Gasteiger partial charge in [0.05, 0.1) is 12.0 Å². The molecule has 5 aromatic rings. The maximum Gasteiger partial charge on any atom is 0.363 e. The van der Waals surface area contributed by atoms with E-state index in [9.17, 15) is 4.79 Å². The second-order valence-corrected chi connectivity index (χ2v) is 9.75. The molecule has 0 aliphatic rings. The molecule has 0 unspecified atom stereocenters. The number of hydrogen-bond acceptors (Lipinski definition) is 10. The summed E-state index contributed by atoms with van der Waals surface area (Å²) in [5.41, 5.74) is 4.55. The number of esters is 1. The minimum absolute atomic E-state index is 0.0766. The third kappa shape index (κ3) is 6.87. The van der Waals surface area contributed by atoms with Gasteiger partial charge in [0.1, 0.15) is 11.6 Å². The van der Waals surface area contributed by atoms with E-state index >= 15 is 0 Å². The number of nitrogens with zero attached hydrogens (tertiary/aromatic N) is 6. The van der Waals surface area contributed by atoms with E-state index in [1.165, 1.54) is 0 Å². The highest BCUT2D eigenvalue weighted by Crippen LogP contribution is 2.30. The quantitative estimate of drug-likeness (QED) is 0.0965.